The molecule has 106 valence electrons. The number of nitrogens with one attached hydrogen (secondary N) is 1. The Morgan fingerprint density at radius 1 is 1.06 bits per heavy atom. The minimum atomic E-state index is 0.628. The van der Waals surface area contributed by atoms with Crippen molar-refractivity contribution in [2.45, 2.75) is 52.1 Å². The third-order valence-corrected chi connectivity index (χ3v) is 4.51. The van der Waals surface area contributed by atoms with Crippen molar-refractivity contribution in [2.24, 2.45) is 5.92 Å². The van der Waals surface area contributed by atoms with Crippen LogP contribution in [0.1, 0.15) is 40.0 Å². The molecule has 0 aromatic heterocycles. The fourth-order valence-electron chi connectivity index (χ4n) is 3.46. The normalized spacial score (nSPS) is 28.3. The molecule has 0 spiro atoms. The molecule has 2 heterocycles. The number of hydrogen-bond donors (Lipinski definition) is 1. The zero-order valence-electron chi connectivity index (χ0n) is 12.5. The summed E-state index contributed by atoms with van der Waals surface area (Å²) >= 11 is 0. The Morgan fingerprint density at radius 2 is 1.72 bits per heavy atom. The van der Waals surface area contributed by atoms with Crippen LogP contribution in [0.3, 0.4) is 0 Å². The van der Waals surface area contributed by atoms with Crippen LogP contribution in [0.4, 0.5) is 0 Å². The monoisotopic (exact) mass is 253 g/mol. The Kier molecular flexibility index (Phi) is 5.46. The standard InChI is InChI=1S/C15H31N3/c1-4-17-8-5-14(6-9-17)11-18-10-7-15(12-18)16-13(2)3/h13-16H,4-12H2,1-3H3. The first-order valence-corrected chi connectivity index (χ1v) is 7.88. The Hall–Kier alpha value is -0.120. The molecule has 2 aliphatic heterocycles. The van der Waals surface area contributed by atoms with Crippen LogP contribution in [0, 0.1) is 5.92 Å². The summed E-state index contributed by atoms with van der Waals surface area (Å²) in [4.78, 5) is 5.27. The number of hydrogen-bond acceptors (Lipinski definition) is 3. The molecule has 2 aliphatic rings. The van der Waals surface area contributed by atoms with E-state index in [2.05, 4.69) is 35.9 Å². The van der Waals surface area contributed by atoms with Crippen LogP contribution in [0.15, 0.2) is 0 Å². The molecule has 2 fully saturated rings. The van der Waals surface area contributed by atoms with Crippen molar-refractivity contribution >= 4 is 0 Å². The molecular weight excluding hydrogens is 222 g/mol. The Bertz CT molecular complexity index is 234. The van der Waals surface area contributed by atoms with Gasteiger partial charge in [0.15, 0.2) is 0 Å². The summed E-state index contributed by atoms with van der Waals surface area (Å²) in [5, 5.41) is 3.68. The van der Waals surface area contributed by atoms with Gasteiger partial charge in [-0.3, -0.25) is 0 Å². The molecule has 1 N–H and O–H groups in total. The molecule has 3 heteroatoms. The van der Waals surface area contributed by atoms with Crippen molar-refractivity contribution in [3.63, 3.8) is 0 Å². The fraction of sp³-hybridized carbons (Fsp3) is 1.00. The molecule has 2 saturated heterocycles. The number of likely N-dealkylation sites (tertiary alicyclic amines) is 2. The van der Waals surface area contributed by atoms with Crippen LogP contribution in [-0.4, -0.2) is 61.2 Å². The molecule has 18 heavy (non-hydrogen) atoms. The van der Waals surface area contributed by atoms with E-state index in [1.54, 1.807) is 0 Å². The van der Waals surface area contributed by atoms with E-state index >= 15 is 0 Å². The summed E-state index contributed by atoms with van der Waals surface area (Å²) in [6.07, 6.45) is 4.16. The lowest BCUT2D eigenvalue weighted by Crippen LogP contribution is -2.40. The van der Waals surface area contributed by atoms with Crippen LogP contribution in [0.2, 0.25) is 0 Å². The molecule has 2 rings (SSSR count). The summed E-state index contributed by atoms with van der Waals surface area (Å²) in [5.41, 5.74) is 0. The Labute approximate surface area is 113 Å². The van der Waals surface area contributed by atoms with Crippen LogP contribution in [0.25, 0.3) is 0 Å². The third-order valence-electron chi connectivity index (χ3n) is 4.51. The van der Waals surface area contributed by atoms with Crippen LogP contribution in [-0.2, 0) is 0 Å². The lowest BCUT2D eigenvalue weighted by molar-refractivity contribution is 0.158. The van der Waals surface area contributed by atoms with Crippen molar-refractivity contribution in [3.05, 3.63) is 0 Å². The summed E-state index contributed by atoms with van der Waals surface area (Å²) in [7, 11) is 0. The zero-order chi connectivity index (χ0) is 13.0. The van der Waals surface area contributed by atoms with Gasteiger partial charge in [0.05, 0.1) is 0 Å². The predicted molar refractivity (Wildman–Crippen MR) is 78.0 cm³/mol. The third kappa shape index (κ3) is 4.22. The van der Waals surface area contributed by atoms with Gasteiger partial charge < -0.3 is 15.1 Å². The van der Waals surface area contributed by atoms with Gasteiger partial charge in [-0.1, -0.05) is 20.8 Å². The molecule has 0 aromatic carbocycles. The Balaban J connectivity index is 1.66. The van der Waals surface area contributed by atoms with E-state index in [0.29, 0.717) is 6.04 Å². The highest BCUT2D eigenvalue weighted by molar-refractivity contribution is 4.84. The lowest BCUT2D eigenvalue weighted by Gasteiger charge is -2.33. The second-order valence-corrected chi connectivity index (χ2v) is 6.44. The second-order valence-electron chi connectivity index (χ2n) is 6.44. The first-order chi connectivity index (χ1) is 8.67. The van der Waals surface area contributed by atoms with E-state index < -0.39 is 0 Å². The quantitative estimate of drug-likeness (QED) is 0.806. The van der Waals surface area contributed by atoms with Gasteiger partial charge in [0.1, 0.15) is 0 Å². The number of piperidine rings is 1. The predicted octanol–water partition coefficient (Wildman–Crippen LogP) is 1.79. The largest absolute Gasteiger partial charge is 0.310 e. The van der Waals surface area contributed by atoms with Gasteiger partial charge >= 0.3 is 0 Å². The minimum Gasteiger partial charge on any atom is -0.310 e. The molecule has 0 radical (unpaired) electrons. The fourth-order valence-corrected chi connectivity index (χ4v) is 3.46. The van der Waals surface area contributed by atoms with Gasteiger partial charge in [0.25, 0.3) is 0 Å². The van der Waals surface area contributed by atoms with Gasteiger partial charge in [0.2, 0.25) is 0 Å². The molecule has 0 bridgehead atoms. The first kappa shape index (κ1) is 14.3. The molecule has 0 aliphatic carbocycles. The van der Waals surface area contributed by atoms with E-state index in [1.165, 1.54) is 58.5 Å². The van der Waals surface area contributed by atoms with Crippen molar-refractivity contribution in [1.82, 2.24) is 15.1 Å². The zero-order valence-corrected chi connectivity index (χ0v) is 12.5. The topological polar surface area (TPSA) is 18.5 Å². The van der Waals surface area contributed by atoms with Crippen molar-refractivity contribution in [1.29, 1.82) is 0 Å². The SMILES string of the molecule is CCN1CCC(CN2CCC(NC(C)C)C2)CC1. The Morgan fingerprint density at radius 3 is 2.33 bits per heavy atom. The van der Waals surface area contributed by atoms with E-state index in [4.69, 9.17) is 0 Å². The molecule has 0 aromatic rings. The second kappa shape index (κ2) is 6.88. The van der Waals surface area contributed by atoms with Crippen molar-refractivity contribution < 1.29 is 0 Å². The molecule has 3 nitrogen and oxygen atoms in total. The van der Waals surface area contributed by atoms with E-state index in [-0.39, 0.29) is 0 Å². The molecule has 0 amide bonds. The lowest BCUT2D eigenvalue weighted by atomic mass is 9.96. The highest BCUT2D eigenvalue weighted by Gasteiger charge is 2.26. The molecule has 1 atom stereocenters. The molecule has 1 unspecified atom stereocenters. The summed E-state index contributed by atoms with van der Waals surface area (Å²) < 4.78 is 0. The van der Waals surface area contributed by atoms with Crippen LogP contribution >= 0.6 is 0 Å². The highest BCUT2D eigenvalue weighted by atomic mass is 15.2. The van der Waals surface area contributed by atoms with E-state index in [1.807, 2.05) is 0 Å². The summed E-state index contributed by atoms with van der Waals surface area (Å²) in [6.45, 7) is 14.6. The van der Waals surface area contributed by atoms with Gasteiger partial charge in [-0.25, -0.2) is 0 Å². The average Bonchev–Trinajstić information content (AvgIpc) is 2.76. The van der Waals surface area contributed by atoms with Crippen molar-refractivity contribution in [3.8, 4) is 0 Å². The maximum Gasteiger partial charge on any atom is 0.0209 e. The highest BCUT2D eigenvalue weighted by Crippen LogP contribution is 2.20. The van der Waals surface area contributed by atoms with Crippen molar-refractivity contribution in [2.75, 3.05) is 39.3 Å². The maximum atomic E-state index is 3.68. The summed E-state index contributed by atoms with van der Waals surface area (Å²) in [5.74, 6) is 0.950. The molecular formula is C15H31N3. The smallest absolute Gasteiger partial charge is 0.0209 e. The van der Waals surface area contributed by atoms with Gasteiger partial charge in [-0.2, -0.15) is 0 Å². The van der Waals surface area contributed by atoms with E-state index in [9.17, 15) is 0 Å². The van der Waals surface area contributed by atoms with Crippen LogP contribution in [0.5, 0.6) is 0 Å². The van der Waals surface area contributed by atoms with Gasteiger partial charge in [-0.05, 0) is 51.4 Å². The van der Waals surface area contributed by atoms with E-state index in [0.717, 1.165) is 12.0 Å². The minimum absolute atomic E-state index is 0.628. The first-order valence-electron chi connectivity index (χ1n) is 7.88. The van der Waals surface area contributed by atoms with Gasteiger partial charge in [-0.15, -0.1) is 0 Å². The summed E-state index contributed by atoms with van der Waals surface area (Å²) in [6, 6.07) is 1.36. The average molecular weight is 253 g/mol. The number of rotatable bonds is 5. The number of nitrogens with zero attached hydrogens (tertiary/aromatic N) is 2. The van der Waals surface area contributed by atoms with Gasteiger partial charge in [0, 0.05) is 25.2 Å². The molecule has 0 saturated carbocycles. The van der Waals surface area contributed by atoms with Crippen LogP contribution < -0.4 is 5.32 Å². The maximum absolute atomic E-state index is 3.68.